The number of aliphatic hydroxyl groups excluding tert-OH is 1. The Labute approximate surface area is 155 Å². The van der Waals surface area contributed by atoms with E-state index in [4.69, 9.17) is 5.11 Å². The third-order valence-corrected chi connectivity index (χ3v) is 4.34. The van der Waals surface area contributed by atoms with Gasteiger partial charge in [-0.15, -0.1) is 0 Å². The van der Waals surface area contributed by atoms with Gasteiger partial charge in [-0.25, -0.2) is 4.79 Å². The number of benzene rings is 2. The highest BCUT2D eigenvalue weighted by atomic mass is 16.4. The number of amides is 1. The van der Waals surface area contributed by atoms with Gasteiger partial charge in [-0.05, 0) is 43.4 Å². The van der Waals surface area contributed by atoms with Crippen LogP contribution < -0.4 is 10.6 Å². The maximum Gasteiger partial charge on any atom is 0.404 e. The van der Waals surface area contributed by atoms with Gasteiger partial charge in [-0.2, -0.15) is 0 Å². The van der Waals surface area contributed by atoms with E-state index in [-0.39, 0.29) is 0 Å². The fraction of sp³-hybridized carbons (Fsp3) is 0.381. The molecule has 0 aliphatic carbocycles. The highest BCUT2D eigenvalue weighted by Crippen LogP contribution is 2.07. The zero-order valence-corrected chi connectivity index (χ0v) is 15.0. The molecule has 2 aromatic carbocycles. The van der Waals surface area contributed by atoms with Gasteiger partial charge < -0.3 is 20.8 Å². The maximum absolute atomic E-state index is 11.0. The van der Waals surface area contributed by atoms with Gasteiger partial charge >= 0.3 is 6.09 Å². The van der Waals surface area contributed by atoms with Crippen molar-refractivity contribution in [2.24, 2.45) is 0 Å². The van der Waals surface area contributed by atoms with Gasteiger partial charge in [0.25, 0.3) is 0 Å². The number of unbranched alkanes of at least 4 members (excludes halogenated alkanes) is 1. The minimum Gasteiger partial charge on any atom is -0.465 e. The lowest BCUT2D eigenvalue weighted by Crippen LogP contribution is -2.48. The Bertz CT molecular complexity index is 634. The second-order valence-corrected chi connectivity index (χ2v) is 6.46. The molecule has 0 saturated carbocycles. The molecular formula is C21H28N2O3. The second-order valence-electron chi connectivity index (χ2n) is 6.46. The number of rotatable bonds is 11. The van der Waals surface area contributed by atoms with Crippen molar-refractivity contribution in [3.8, 4) is 0 Å². The van der Waals surface area contributed by atoms with Crippen molar-refractivity contribution in [3.05, 3.63) is 71.8 Å². The lowest BCUT2D eigenvalue weighted by atomic mass is 10.0. The van der Waals surface area contributed by atoms with E-state index in [9.17, 15) is 9.90 Å². The van der Waals surface area contributed by atoms with Crippen molar-refractivity contribution in [3.63, 3.8) is 0 Å². The van der Waals surface area contributed by atoms with Gasteiger partial charge in [-0.1, -0.05) is 60.7 Å². The van der Waals surface area contributed by atoms with Gasteiger partial charge in [0.05, 0.1) is 12.1 Å². The lowest BCUT2D eigenvalue weighted by Gasteiger charge is -2.23. The summed E-state index contributed by atoms with van der Waals surface area (Å²) in [5.41, 5.74) is 2.33. The molecule has 0 saturated heterocycles. The predicted octanol–water partition coefficient (Wildman–Crippen LogP) is 2.84. The third-order valence-electron chi connectivity index (χ3n) is 4.34. The summed E-state index contributed by atoms with van der Waals surface area (Å²) < 4.78 is 0. The average Bonchev–Trinajstić information content (AvgIpc) is 2.65. The monoisotopic (exact) mass is 356 g/mol. The normalized spacial score (nSPS) is 13.1. The molecule has 0 aliphatic heterocycles. The third kappa shape index (κ3) is 7.68. The molecule has 2 rings (SSSR count). The van der Waals surface area contributed by atoms with E-state index in [0.29, 0.717) is 13.0 Å². The Morgan fingerprint density at radius 3 is 2.15 bits per heavy atom. The number of aliphatic hydroxyl groups is 1. The zero-order valence-electron chi connectivity index (χ0n) is 15.0. The Morgan fingerprint density at radius 1 is 0.923 bits per heavy atom. The molecule has 5 heteroatoms. The molecule has 0 heterocycles. The van der Waals surface area contributed by atoms with Crippen LogP contribution in [0.15, 0.2) is 60.7 Å². The van der Waals surface area contributed by atoms with E-state index in [2.05, 4.69) is 22.8 Å². The molecular weight excluding hydrogens is 328 g/mol. The predicted molar refractivity (Wildman–Crippen MR) is 103 cm³/mol. The molecule has 0 bridgehead atoms. The number of aryl methyl sites for hydroxylation is 1. The van der Waals surface area contributed by atoms with E-state index in [0.717, 1.165) is 31.4 Å². The van der Waals surface area contributed by atoms with E-state index >= 15 is 0 Å². The highest BCUT2D eigenvalue weighted by molar-refractivity contribution is 5.65. The minimum atomic E-state index is -1.12. The van der Waals surface area contributed by atoms with E-state index in [1.165, 1.54) is 5.56 Å². The van der Waals surface area contributed by atoms with Crippen LogP contribution in [0.4, 0.5) is 4.79 Å². The van der Waals surface area contributed by atoms with Crippen LogP contribution >= 0.6 is 0 Å². The quantitative estimate of drug-likeness (QED) is 0.467. The summed E-state index contributed by atoms with van der Waals surface area (Å²) in [5, 5.41) is 25.0. The van der Waals surface area contributed by atoms with Crippen molar-refractivity contribution in [1.29, 1.82) is 0 Å². The van der Waals surface area contributed by atoms with Crippen LogP contribution in [-0.4, -0.2) is 41.5 Å². The molecule has 0 radical (unpaired) electrons. The fourth-order valence-electron chi connectivity index (χ4n) is 2.93. The molecule has 0 unspecified atom stereocenters. The van der Waals surface area contributed by atoms with Gasteiger partial charge in [0, 0.05) is 6.54 Å². The Morgan fingerprint density at radius 2 is 1.54 bits per heavy atom. The van der Waals surface area contributed by atoms with Crippen molar-refractivity contribution < 1.29 is 15.0 Å². The van der Waals surface area contributed by atoms with Crippen LogP contribution in [0.1, 0.15) is 24.0 Å². The first-order chi connectivity index (χ1) is 12.6. The molecule has 1 amide bonds. The minimum absolute atomic E-state index is 0.364. The van der Waals surface area contributed by atoms with Crippen LogP contribution in [0.2, 0.25) is 0 Å². The summed E-state index contributed by atoms with van der Waals surface area (Å²) >= 11 is 0. The Hall–Kier alpha value is -2.37. The summed E-state index contributed by atoms with van der Waals surface area (Å²) in [7, 11) is 0. The molecule has 2 aromatic rings. The zero-order chi connectivity index (χ0) is 18.6. The van der Waals surface area contributed by atoms with Crippen LogP contribution in [-0.2, 0) is 12.8 Å². The van der Waals surface area contributed by atoms with Crippen molar-refractivity contribution in [2.45, 2.75) is 37.8 Å². The first kappa shape index (κ1) is 19.9. The fourth-order valence-corrected chi connectivity index (χ4v) is 2.93. The molecule has 0 aromatic heterocycles. The number of carboxylic acid groups (broad SMARTS) is 1. The first-order valence-electron chi connectivity index (χ1n) is 9.11. The molecule has 0 aliphatic rings. The van der Waals surface area contributed by atoms with Gasteiger partial charge in [0.15, 0.2) is 0 Å². The number of hydrogen-bond donors (Lipinski definition) is 4. The maximum atomic E-state index is 11.0. The molecule has 140 valence electrons. The highest BCUT2D eigenvalue weighted by Gasteiger charge is 2.21. The van der Waals surface area contributed by atoms with Crippen molar-refractivity contribution in [1.82, 2.24) is 10.6 Å². The van der Waals surface area contributed by atoms with Crippen molar-refractivity contribution in [2.75, 3.05) is 13.1 Å². The Balaban J connectivity index is 1.69. The van der Waals surface area contributed by atoms with Crippen LogP contribution in [0, 0.1) is 0 Å². The summed E-state index contributed by atoms with van der Waals surface area (Å²) in [6.07, 6.45) is 1.70. The molecule has 2 atom stereocenters. The summed E-state index contributed by atoms with van der Waals surface area (Å²) in [6.45, 7) is 1.16. The number of nitrogens with one attached hydrogen (secondary N) is 2. The topological polar surface area (TPSA) is 81.6 Å². The van der Waals surface area contributed by atoms with E-state index in [1.54, 1.807) is 0 Å². The number of hydrogen-bond acceptors (Lipinski definition) is 3. The number of carbonyl (C=O) groups is 1. The van der Waals surface area contributed by atoms with Crippen LogP contribution in [0.5, 0.6) is 0 Å². The Kier molecular flexibility index (Phi) is 8.66. The first-order valence-corrected chi connectivity index (χ1v) is 9.11. The van der Waals surface area contributed by atoms with Gasteiger partial charge in [0.2, 0.25) is 0 Å². The SMILES string of the molecule is O=C(O)N[C@@H](Cc1ccccc1)[C@@H](O)CNCCCCc1ccccc1. The van der Waals surface area contributed by atoms with Crippen molar-refractivity contribution >= 4 is 6.09 Å². The van der Waals surface area contributed by atoms with Crippen LogP contribution in [0.3, 0.4) is 0 Å². The second kappa shape index (κ2) is 11.3. The smallest absolute Gasteiger partial charge is 0.404 e. The van der Waals surface area contributed by atoms with Gasteiger partial charge in [0.1, 0.15) is 0 Å². The lowest BCUT2D eigenvalue weighted by molar-refractivity contribution is 0.118. The molecule has 0 fully saturated rings. The molecule has 5 nitrogen and oxygen atoms in total. The van der Waals surface area contributed by atoms with Crippen LogP contribution in [0.25, 0.3) is 0 Å². The standard InChI is InChI=1S/C21H28N2O3/c24-20(16-22-14-8-7-11-17-9-3-1-4-10-17)19(23-21(25)26)15-18-12-5-2-6-13-18/h1-6,9-10,12-13,19-20,22-24H,7-8,11,14-16H2,(H,25,26)/t19-,20-/m0/s1. The summed E-state index contributed by atoms with van der Waals surface area (Å²) in [6, 6.07) is 19.4. The summed E-state index contributed by atoms with van der Waals surface area (Å²) in [5.74, 6) is 0. The summed E-state index contributed by atoms with van der Waals surface area (Å²) in [4.78, 5) is 11.0. The largest absolute Gasteiger partial charge is 0.465 e. The average molecular weight is 356 g/mol. The van der Waals surface area contributed by atoms with Gasteiger partial charge in [-0.3, -0.25) is 0 Å². The molecule has 0 spiro atoms. The molecule has 26 heavy (non-hydrogen) atoms. The van der Waals surface area contributed by atoms with E-state index < -0.39 is 18.2 Å². The van der Waals surface area contributed by atoms with E-state index in [1.807, 2.05) is 48.5 Å². The molecule has 4 N–H and O–H groups in total.